The molecule has 0 saturated carbocycles. The van der Waals surface area contributed by atoms with E-state index in [9.17, 15) is 4.79 Å². The molecule has 0 radical (unpaired) electrons. The summed E-state index contributed by atoms with van der Waals surface area (Å²) in [5, 5.41) is 4.24. The van der Waals surface area contributed by atoms with Crippen molar-refractivity contribution in [3.05, 3.63) is 24.3 Å². The molecule has 1 N–H and O–H groups in total. The second-order valence-corrected chi connectivity index (χ2v) is 7.20. The smallest absolute Gasteiger partial charge is 0.250 e. The van der Waals surface area contributed by atoms with E-state index in [4.69, 9.17) is 0 Å². The van der Waals surface area contributed by atoms with E-state index >= 15 is 0 Å². The third kappa shape index (κ3) is 5.10. The number of hydrogen-bond acceptors (Lipinski definition) is 5. The van der Waals surface area contributed by atoms with Gasteiger partial charge < -0.3 is 0 Å². The number of hydrogen-bond donors (Lipinski definition) is 1. The van der Waals surface area contributed by atoms with Gasteiger partial charge in [-0.2, -0.15) is 5.10 Å². The highest BCUT2D eigenvalue weighted by atomic mass is 32.2. The summed E-state index contributed by atoms with van der Waals surface area (Å²) >= 11 is 3.07. The summed E-state index contributed by atoms with van der Waals surface area (Å²) in [5.41, 5.74) is 4.72. The minimum absolute atomic E-state index is 0.0750. The monoisotopic (exact) mass is 335 g/mol. The van der Waals surface area contributed by atoms with E-state index in [1.54, 1.807) is 11.3 Å². The van der Waals surface area contributed by atoms with Gasteiger partial charge in [0, 0.05) is 5.71 Å². The van der Waals surface area contributed by atoms with Gasteiger partial charge in [-0.1, -0.05) is 50.6 Å². The molecule has 6 heteroatoms. The van der Waals surface area contributed by atoms with Crippen LogP contribution < -0.4 is 5.43 Å². The number of nitrogens with zero attached hydrogens (tertiary/aromatic N) is 2. The van der Waals surface area contributed by atoms with E-state index in [0.29, 0.717) is 5.75 Å². The van der Waals surface area contributed by atoms with Crippen molar-refractivity contribution in [2.45, 2.75) is 43.9 Å². The van der Waals surface area contributed by atoms with E-state index < -0.39 is 0 Å². The van der Waals surface area contributed by atoms with Crippen molar-refractivity contribution in [3.63, 3.8) is 0 Å². The number of nitrogens with one attached hydrogen (secondary N) is 1. The van der Waals surface area contributed by atoms with Gasteiger partial charge in [0.1, 0.15) is 0 Å². The van der Waals surface area contributed by atoms with Gasteiger partial charge in [0.15, 0.2) is 4.34 Å². The highest BCUT2D eigenvalue weighted by Gasteiger charge is 2.07. The standard InChI is InChI=1S/C16H21N3OS2/c1-3-7-12(8-4-2)18-19-15(20)11-21-16-17-13-9-5-6-10-14(13)22-16/h5-6,9-10H,3-4,7-8,11H2,1-2H3,(H,19,20). The molecule has 0 bridgehead atoms. The highest BCUT2D eigenvalue weighted by molar-refractivity contribution is 8.01. The predicted octanol–water partition coefficient (Wildman–Crippen LogP) is 4.46. The van der Waals surface area contributed by atoms with Crippen molar-refractivity contribution in [2.75, 3.05) is 5.75 Å². The summed E-state index contributed by atoms with van der Waals surface area (Å²) in [5.74, 6) is 0.267. The van der Waals surface area contributed by atoms with Crippen molar-refractivity contribution in [1.82, 2.24) is 10.4 Å². The minimum Gasteiger partial charge on any atom is -0.272 e. The number of rotatable bonds is 8. The van der Waals surface area contributed by atoms with Crippen molar-refractivity contribution in [2.24, 2.45) is 5.10 Å². The van der Waals surface area contributed by atoms with Gasteiger partial charge in [0.05, 0.1) is 16.0 Å². The van der Waals surface area contributed by atoms with E-state index in [1.165, 1.54) is 11.8 Å². The van der Waals surface area contributed by atoms with Gasteiger partial charge in [-0.05, 0) is 25.0 Å². The summed E-state index contributed by atoms with van der Waals surface area (Å²) in [4.78, 5) is 16.4. The number of thiazole rings is 1. The highest BCUT2D eigenvalue weighted by Crippen LogP contribution is 2.28. The minimum atomic E-state index is -0.0750. The van der Waals surface area contributed by atoms with Gasteiger partial charge in [-0.3, -0.25) is 4.79 Å². The molecule has 1 aromatic heterocycles. The molecule has 4 nitrogen and oxygen atoms in total. The zero-order valence-corrected chi connectivity index (χ0v) is 14.6. The zero-order valence-electron chi connectivity index (χ0n) is 13.0. The van der Waals surface area contributed by atoms with Gasteiger partial charge in [-0.15, -0.1) is 11.3 Å². The maximum Gasteiger partial charge on any atom is 0.250 e. The van der Waals surface area contributed by atoms with Crippen LogP contribution in [-0.4, -0.2) is 22.4 Å². The number of aromatic nitrogens is 1. The topological polar surface area (TPSA) is 54.4 Å². The fourth-order valence-corrected chi connectivity index (χ4v) is 3.89. The number of benzene rings is 1. The number of hydrazone groups is 1. The molecule has 1 amide bonds. The maximum absolute atomic E-state index is 11.9. The Bertz CT molecular complexity index is 611. The third-order valence-electron chi connectivity index (χ3n) is 3.02. The lowest BCUT2D eigenvalue weighted by atomic mass is 10.1. The van der Waals surface area contributed by atoms with Crippen LogP contribution in [0, 0.1) is 0 Å². The molecule has 22 heavy (non-hydrogen) atoms. The van der Waals surface area contributed by atoms with Crippen molar-refractivity contribution >= 4 is 44.9 Å². The number of carbonyl (C=O) groups is 1. The summed E-state index contributed by atoms with van der Waals surface area (Å²) in [6.45, 7) is 4.24. The van der Waals surface area contributed by atoms with Crippen LogP contribution in [-0.2, 0) is 4.79 Å². The molecular formula is C16H21N3OS2. The zero-order chi connectivity index (χ0) is 15.8. The van der Waals surface area contributed by atoms with Crippen LogP contribution in [0.2, 0.25) is 0 Å². The molecule has 1 heterocycles. The molecule has 2 rings (SSSR count). The van der Waals surface area contributed by atoms with E-state index in [0.717, 1.165) is 46.0 Å². The summed E-state index contributed by atoms with van der Waals surface area (Å²) in [6.07, 6.45) is 3.99. The predicted molar refractivity (Wildman–Crippen MR) is 95.7 cm³/mol. The Morgan fingerprint density at radius 1 is 1.27 bits per heavy atom. The van der Waals surface area contributed by atoms with Crippen molar-refractivity contribution < 1.29 is 4.79 Å². The van der Waals surface area contributed by atoms with Crippen LogP contribution in [0.4, 0.5) is 0 Å². The first kappa shape index (κ1) is 17.0. The molecule has 0 unspecified atom stereocenters. The van der Waals surface area contributed by atoms with Crippen LogP contribution in [0.25, 0.3) is 10.2 Å². The van der Waals surface area contributed by atoms with Gasteiger partial charge >= 0.3 is 0 Å². The second kappa shape index (κ2) is 8.90. The Balaban J connectivity index is 1.85. The Morgan fingerprint density at radius 3 is 2.68 bits per heavy atom. The molecule has 0 spiro atoms. The number of fused-ring (bicyclic) bond motifs is 1. The van der Waals surface area contributed by atoms with Crippen LogP contribution in [0.3, 0.4) is 0 Å². The van der Waals surface area contributed by atoms with Gasteiger partial charge in [0.25, 0.3) is 5.91 Å². The molecule has 2 aromatic rings. The molecule has 118 valence electrons. The number of carbonyl (C=O) groups excluding carboxylic acids is 1. The first-order chi connectivity index (χ1) is 10.7. The van der Waals surface area contributed by atoms with E-state index in [-0.39, 0.29) is 5.91 Å². The largest absolute Gasteiger partial charge is 0.272 e. The van der Waals surface area contributed by atoms with Crippen LogP contribution >= 0.6 is 23.1 Å². The Hall–Kier alpha value is -1.40. The third-order valence-corrected chi connectivity index (χ3v) is 5.20. The molecular weight excluding hydrogens is 314 g/mol. The molecule has 0 saturated heterocycles. The summed E-state index contributed by atoms with van der Waals surface area (Å²) in [7, 11) is 0. The first-order valence-electron chi connectivity index (χ1n) is 7.55. The van der Waals surface area contributed by atoms with Gasteiger partial charge in [-0.25, -0.2) is 10.4 Å². The average molecular weight is 335 g/mol. The average Bonchev–Trinajstić information content (AvgIpc) is 2.94. The second-order valence-electron chi connectivity index (χ2n) is 4.95. The summed E-state index contributed by atoms with van der Waals surface area (Å²) in [6, 6.07) is 8.01. The molecule has 0 aliphatic rings. The van der Waals surface area contributed by atoms with Crippen LogP contribution in [0.5, 0.6) is 0 Å². The molecule has 0 aliphatic heterocycles. The van der Waals surface area contributed by atoms with Crippen molar-refractivity contribution in [1.29, 1.82) is 0 Å². The quantitative estimate of drug-likeness (QED) is 0.440. The number of amides is 1. The Labute approximate surface area is 139 Å². The Kier molecular flexibility index (Phi) is 6.86. The summed E-state index contributed by atoms with van der Waals surface area (Å²) < 4.78 is 2.07. The normalized spacial score (nSPS) is 10.6. The van der Waals surface area contributed by atoms with E-state index in [1.807, 2.05) is 24.3 Å². The van der Waals surface area contributed by atoms with Crippen LogP contribution in [0.1, 0.15) is 39.5 Å². The molecule has 0 aliphatic carbocycles. The van der Waals surface area contributed by atoms with Crippen LogP contribution in [0.15, 0.2) is 33.7 Å². The number of thioether (sulfide) groups is 1. The fourth-order valence-electron chi connectivity index (χ4n) is 2.03. The molecule has 1 aromatic carbocycles. The Morgan fingerprint density at radius 2 is 2.00 bits per heavy atom. The fraction of sp³-hybridized carbons (Fsp3) is 0.438. The van der Waals surface area contributed by atoms with Gasteiger partial charge in [0.2, 0.25) is 0 Å². The lowest BCUT2D eigenvalue weighted by Gasteiger charge is -2.04. The SMILES string of the molecule is CCCC(CCC)=NNC(=O)CSc1nc2ccccc2s1. The lowest BCUT2D eigenvalue weighted by molar-refractivity contribution is -0.118. The molecule has 0 fully saturated rings. The molecule has 0 atom stereocenters. The lowest BCUT2D eigenvalue weighted by Crippen LogP contribution is -2.21. The number of para-hydroxylation sites is 1. The first-order valence-corrected chi connectivity index (χ1v) is 9.35. The van der Waals surface area contributed by atoms with Crippen molar-refractivity contribution in [3.8, 4) is 0 Å². The maximum atomic E-state index is 11.9. The van der Waals surface area contributed by atoms with E-state index in [2.05, 4.69) is 29.4 Å².